The van der Waals surface area contributed by atoms with E-state index in [9.17, 15) is 4.79 Å². The van der Waals surface area contributed by atoms with Crippen LogP contribution in [0.25, 0.3) is 21.7 Å². The molecule has 0 radical (unpaired) electrons. The number of hydrogen-bond donors (Lipinski definition) is 0. The Morgan fingerprint density at radius 3 is 2.64 bits per heavy atom. The molecule has 0 atom stereocenters. The van der Waals surface area contributed by atoms with Gasteiger partial charge in [0.1, 0.15) is 17.9 Å². The zero-order valence-corrected chi connectivity index (χ0v) is 14.5. The van der Waals surface area contributed by atoms with Gasteiger partial charge in [0.15, 0.2) is 0 Å². The summed E-state index contributed by atoms with van der Waals surface area (Å²) in [5.41, 5.74) is 0.865. The number of benzene rings is 3. The van der Waals surface area contributed by atoms with Gasteiger partial charge in [0.25, 0.3) is 0 Å². The van der Waals surface area contributed by atoms with Crippen molar-refractivity contribution in [3.8, 4) is 5.75 Å². The summed E-state index contributed by atoms with van der Waals surface area (Å²) in [5, 5.41) is 3.89. The van der Waals surface area contributed by atoms with Crippen LogP contribution in [-0.2, 0) is 6.61 Å². The molecule has 5 heteroatoms. The molecule has 4 rings (SSSR count). The molecule has 0 spiro atoms. The van der Waals surface area contributed by atoms with Crippen LogP contribution in [0.4, 0.5) is 0 Å². The zero-order chi connectivity index (χ0) is 17.4. The molecular weight excluding hydrogens is 359 g/mol. The molecule has 0 saturated carbocycles. The highest BCUT2D eigenvalue weighted by Crippen LogP contribution is 2.31. The molecule has 0 saturated heterocycles. The SMILES string of the molecule is O=c1cc(COc2ccc(Cl)cc2Cl)c2c(ccc3ccccc32)o1. The van der Waals surface area contributed by atoms with Crippen molar-refractivity contribution in [2.24, 2.45) is 0 Å². The van der Waals surface area contributed by atoms with Crippen molar-refractivity contribution >= 4 is 44.9 Å². The van der Waals surface area contributed by atoms with Crippen molar-refractivity contribution in [3.05, 3.63) is 86.7 Å². The molecule has 0 amide bonds. The minimum absolute atomic E-state index is 0.192. The van der Waals surface area contributed by atoms with Gasteiger partial charge in [0.2, 0.25) is 0 Å². The van der Waals surface area contributed by atoms with E-state index in [0.717, 1.165) is 21.7 Å². The highest BCUT2D eigenvalue weighted by Gasteiger charge is 2.11. The van der Waals surface area contributed by atoms with Gasteiger partial charge in [0, 0.05) is 22.0 Å². The van der Waals surface area contributed by atoms with Crippen LogP contribution >= 0.6 is 23.2 Å². The predicted molar refractivity (Wildman–Crippen MR) is 101 cm³/mol. The van der Waals surface area contributed by atoms with Crippen LogP contribution in [0.1, 0.15) is 5.56 Å². The van der Waals surface area contributed by atoms with Crippen LogP contribution in [0.5, 0.6) is 5.75 Å². The Hall–Kier alpha value is -2.49. The highest BCUT2D eigenvalue weighted by molar-refractivity contribution is 6.35. The van der Waals surface area contributed by atoms with Crippen molar-refractivity contribution in [3.63, 3.8) is 0 Å². The van der Waals surface area contributed by atoms with Gasteiger partial charge in [-0.05, 0) is 35.0 Å². The average Bonchev–Trinajstić information content (AvgIpc) is 2.60. The minimum atomic E-state index is -0.413. The van der Waals surface area contributed by atoms with E-state index in [-0.39, 0.29) is 6.61 Å². The van der Waals surface area contributed by atoms with Crippen LogP contribution in [0, 0.1) is 0 Å². The second-order valence-electron chi connectivity index (χ2n) is 5.61. The Morgan fingerprint density at radius 1 is 0.960 bits per heavy atom. The van der Waals surface area contributed by atoms with Crippen LogP contribution in [0.2, 0.25) is 10.0 Å². The smallest absolute Gasteiger partial charge is 0.336 e. The Labute approximate surface area is 153 Å². The maximum atomic E-state index is 11.9. The molecule has 3 aromatic carbocycles. The van der Waals surface area contributed by atoms with Crippen molar-refractivity contribution < 1.29 is 9.15 Å². The highest BCUT2D eigenvalue weighted by atomic mass is 35.5. The fourth-order valence-corrected chi connectivity index (χ4v) is 3.34. The van der Waals surface area contributed by atoms with E-state index >= 15 is 0 Å². The molecule has 0 fully saturated rings. The van der Waals surface area contributed by atoms with E-state index in [4.69, 9.17) is 32.4 Å². The maximum Gasteiger partial charge on any atom is 0.336 e. The summed E-state index contributed by atoms with van der Waals surface area (Å²) in [6.07, 6.45) is 0. The topological polar surface area (TPSA) is 39.4 Å². The third-order valence-corrected chi connectivity index (χ3v) is 4.52. The third-order valence-electron chi connectivity index (χ3n) is 3.99. The second kappa shape index (κ2) is 6.43. The van der Waals surface area contributed by atoms with Crippen molar-refractivity contribution in [1.82, 2.24) is 0 Å². The fourth-order valence-electron chi connectivity index (χ4n) is 2.88. The summed E-state index contributed by atoms with van der Waals surface area (Å²) >= 11 is 12.1. The van der Waals surface area contributed by atoms with Crippen molar-refractivity contribution in [1.29, 1.82) is 0 Å². The summed E-state index contributed by atoms with van der Waals surface area (Å²) in [7, 11) is 0. The third kappa shape index (κ3) is 3.09. The van der Waals surface area contributed by atoms with Gasteiger partial charge in [-0.25, -0.2) is 4.79 Å². The largest absolute Gasteiger partial charge is 0.487 e. The van der Waals surface area contributed by atoms with Gasteiger partial charge >= 0.3 is 5.63 Å². The van der Waals surface area contributed by atoms with E-state index in [1.807, 2.05) is 30.3 Å². The van der Waals surface area contributed by atoms with Crippen LogP contribution in [0.3, 0.4) is 0 Å². The summed E-state index contributed by atoms with van der Waals surface area (Å²) in [4.78, 5) is 11.9. The normalized spacial score (nSPS) is 11.1. The van der Waals surface area contributed by atoms with Gasteiger partial charge in [-0.1, -0.05) is 53.5 Å². The molecule has 0 aliphatic rings. The monoisotopic (exact) mass is 370 g/mol. The Balaban J connectivity index is 1.83. The second-order valence-corrected chi connectivity index (χ2v) is 6.46. The first kappa shape index (κ1) is 16.0. The number of hydrogen-bond acceptors (Lipinski definition) is 3. The lowest BCUT2D eigenvalue weighted by Crippen LogP contribution is -2.04. The fraction of sp³-hybridized carbons (Fsp3) is 0.0500. The van der Waals surface area contributed by atoms with Gasteiger partial charge in [-0.3, -0.25) is 0 Å². The Kier molecular flexibility index (Phi) is 4.12. The van der Waals surface area contributed by atoms with E-state index < -0.39 is 5.63 Å². The molecule has 0 unspecified atom stereocenters. The molecule has 1 aromatic heterocycles. The molecule has 0 aliphatic heterocycles. The van der Waals surface area contributed by atoms with Gasteiger partial charge in [0.05, 0.1) is 5.02 Å². The maximum absolute atomic E-state index is 11.9. The number of rotatable bonds is 3. The summed E-state index contributed by atoms with van der Waals surface area (Å²) < 4.78 is 11.2. The Bertz CT molecular complexity index is 1150. The molecule has 0 N–H and O–H groups in total. The number of fused-ring (bicyclic) bond motifs is 3. The van der Waals surface area contributed by atoms with E-state index in [1.165, 1.54) is 6.07 Å². The zero-order valence-electron chi connectivity index (χ0n) is 13.0. The van der Waals surface area contributed by atoms with Gasteiger partial charge in [-0.15, -0.1) is 0 Å². The molecule has 0 aliphatic carbocycles. The van der Waals surface area contributed by atoms with E-state index in [2.05, 4.69) is 0 Å². The van der Waals surface area contributed by atoms with Crippen molar-refractivity contribution in [2.75, 3.05) is 0 Å². The van der Waals surface area contributed by atoms with E-state index in [1.54, 1.807) is 24.3 Å². The van der Waals surface area contributed by atoms with Gasteiger partial charge < -0.3 is 9.15 Å². The molecule has 1 heterocycles. The molecule has 3 nitrogen and oxygen atoms in total. The van der Waals surface area contributed by atoms with Crippen molar-refractivity contribution in [2.45, 2.75) is 6.61 Å². The molecule has 124 valence electrons. The van der Waals surface area contributed by atoms with Crippen LogP contribution in [0.15, 0.2) is 69.9 Å². The lowest BCUT2D eigenvalue weighted by atomic mass is 10.0. The van der Waals surface area contributed by atoms with Crippen LogP contribution < -0.4 is 10.4 Å². The van der Waals surface area contributed by atoms with Gasteiger partial charge in [-0.2, -0.15) is 0 Å². The first-order chi connectivity index (χ1) is 12.1. The quantitative estimate of drug-likeness (QED) is 0.336. The van der Waals surface area contributed by atoms with Crippen LogP contribution in [-0.4, -0.2) is 0 Å². The molecular formula is C20H12Cl2O3. The summed E-state index contributed by atoms with van der Waals surface area (Å²) in [5.74, 6) is 0.507. The minimum Gasteiger partial charge on any atom is -0.487 e. The lowest BCUT2D eigenvalue weighted by Gasteiger charge is -2.11. The first-order valence-electron chi connectivity index (χ1n) is 7.64. The molecule has 4 aromatic rings. The average molecular weight is 371 g/mol. The first-order valence-corrected chi connectivity index (χ1v) is 8.40. The number of ether oxygens (including phenoxy) is 1. The number of halogens is 2. The summed E-state index contributed by atoms with van der Waals surface area (Å²) in [6.45, 7) is 0.192. The lowest BCUT2D eigenvalue weighted by molar-refractivity contribution is 0.307. The Morgan fingerprint density at radius 2 is 1.80 bits per heavy atom. The standard InChI is InChI=1S/C20H12Cl2O3/c21-14-6-8-17(16(22)10-14)24-11-13-9-19(23)25-18-7-5-12-3-1-2-4-15(12)20(13)18/h1-10H,11H2. The molecule has 25 heavy (non-hydrogen) atoms. The summed E-state index contributed by atoms with van der Waals surface area (Å²) in [6, 6.07) is 18.1. The molecule has 0 bridgehead atoms. The van der Waals surface area contributed by atoms with E-state index in [0.29, 0.717) is 21.4 Å². The predicted octanol–water partition coefficient (Wildman–Crippen LogP) is 5.83.